The van der Waals surface area contributed by atoms with Gasteiger partial charge in [-0.3, -0.25) is 0 Å². The van der Waals surface area contributed by atoms with Gasteiger partial charge in [0.2, 0.25) is 0 Å². The SMILES string of the molecule is CC1CCC2(OC1)OC1CC3C4CCC5(O)CC(OC6OC(CO)C(O)C(OC7OC(CO)C(O)C(O)C7OC7OC(C)C(O)C(O)C7O)C6O)C(O)CC5(C)C4(O)CCC3(C)C1C2C. The molecule has 5 aliphatic heterocycles. The Morgan fingerprint density at radius 3 is 1.95 bits per heavy atom. The monoisotopic (exact) mass is 934 g/mol. The van der Waals surface area contributed by atoms with Crippen LogP contribution in [0.1, 0.15) is 92.4 Å². The molecule has 28 atom stereocenters. The van der Waals surface area contributed by atoms with Crippen LogP contribution in [0.3, 0.4) is 0 Å². The molecular weight excluding hydrogens is 860 g/mol. The van der Waals surface area contributed by atoms with Gasteiger partial charge < -0.3 is 99.2 Å². The van der Waals surface area contributed by atoms with Crippen molar-refractivity contribution in [1.29, 1.82) is 0 Å². The van der Waals surface area contributed by atoms with Crippen LogP contribution >= 0.6 is 0 Å². The highest BCUT2D eigenvalue weighted by atomic mass is 16.8. The fourth-order valence-corrected chi connectivity index (χ4v) is 14.6. The molecule has 0 bridgehead atoms. The first kappa shape index (κ1) is 49.2. The van der Waals surface area contributed by atoms with Gasteiger partial charge in [-0.15, -0.1) is 0 Å². The van der Waals surface area contributed by atoms with Crippen molar-refractivity contribution in [3.05, 3.63) is 0 Å². The summed E-state index contributed by atoms with van der Waals surface area (Å²) in [6, 6.07) is 0. The van der Waals surface area contributed by atoms with Gasteiger partial charge in [-0.25, -0.2) is 0 Å². The topological polar surface area (TPSA) is 317 Å². The Morgan fingerprint density at radius 1 is 0.615 bits per heavy atom. The van der Waals surface area contributed by atoms with Crippen molar-refractivity contribution in [2.75, 3.05) is 19.8 Å². The van der Waals surface area contributed by atoms with E-state index in [0.29, 0.717) is 38.2 Å². The van der Waals surface area contributed by atoms with Crippen molar-refractivity contribution in [2.24, 2.45) is 40.4 Å². The van der Waals surface area contributed by atoms with Crippen LogP contribution in [0.5, 0.6) is 0 Å². The summed E-state index contributed by atoms with van der Waals surface area (Å²) in [7, 11) is 0. The van der Waals surface area contributed by atoms with Crippen LogP contribution in [-0.2, 0) is 37.9 Å². The van der Waals surface area contributed by atoms with E-state index in [0.717, 1.165) is 19.3 Å². The van der Waals surface area contributed by atoms with E-state index >= 15 is 0 Å². The molecule has 4 saturated carbocycles. The first-order valence-corrected chi connectivity index (χ1v) is 23.9. The summed E-state index contributed by atoms with van der Waals surface area (Å²) in [6.07, 6.45) is -23.2. The number of rotatable bonds is 8. The zero-order valence-electron chi connectivity index (χ0n) is 37.9. The summed E-state index contributed by atoms with van der Waals surface area (Å²) in [5, 5.41) is 134. The highest BCUT2D eigenvalue weighted by Crippen LogP contribution is 2.73. The van der Waals surface area contributed by atoms with Crippen LogP contribution in [-0.4, -0.2) is 209 Å². The van der Waals surface area contributed by atoms with Gasteiger partial charge in [0.15, 0.2) is 24.7 Å². The second-order valence-corrected chi connectivity index (χ2v) is 22.0. The van der Waals surface area contributed by atoms with Gasteiger partial charge in [0.25, 0.3) is 0 Å². The van der Waals surface area contributed by atoms with E-state index in [9.17, 15) is 61.3 Å². The zero-order chi connectivity index (χ0) is 46.9. The highest BCUT2D eigenvalue weighted by Gasteiger charge is 2.75. The molecule has 9 aliphatic rings. The first-order chi connectivity index (χ1) is 30.6. The average Bonchev–Trinajstić information content (AvgIpc) is 3.71. The van der Waals surface area contributed by atoms with E-state index < -0.39 is 140 Å². The summed E-state index contributed by atoms with van der Waals surface area (Å²) >= 11 is 0. The van der Waals surface area contributed by atoms with E-state index in [4.69, 9.17) is 37.9 Å². The third-order valence-corrected chi connectivity index (χ3v) is 18.6. The summed E-state index contributed by atoms with van der Waals surface area (Å²) in [5.41, 5.74) is -4.15. The van der Waals surface area contributed by atoms with E-state index in [2.05, 4.69) is 20.8 Å². The van der Waals surface area contributed by atoms with E-state index in [-0.39, 0.29) is 48.0 Å². The highest BCUT2D eigenvalue weighted by molar-refractivity contribution is 5.24. The average molecular weight is 935 g/mol. The molecular formula is C45H74O20. The minimum absolute atomic E-state index is 0.00224. The first-order valence-electron chi connectivity index (χ1n) is 23.9. The van der Waals surface area contributed by atoms with Crippen molar-refractivity contribution >= 4 is 0 Å². The lowest BCUT2D eigenvalue weighted by Crippen LogP contribution is -2.74. The third kappa shape index (κ3) is 7.54. The molecule has 5 heterocycles. The Morgan fingerprint density at radius 2 is 1.28 bits per heavy atom. The maximum Gasteiger partial charge on any atom is 0.187 e. The van der Waals surface area contributed by atoms with Crippen LogP contribution in [0.2, 0.25) is 0 Å². The van der Waals surface area contributed by atoms with Gasteiger partial charge in [0, 0.05) is 24.2 Å². The molecule has 9 rings (SSSR count). The number of ether oxygens (including phenoxy) is 8. The number of hydrogen-bond acceptors (Lipinski definition) is 20. The second kappa shape index (κ2) is 17.5. The molecule has 374 valence electrons. The maximum atomic E-state index is 13.0. The van der Waals surface area contributed by atoms with Crippen LogP contribution < -0.4 is 0 Å². The summed E-state index contributed by atoms with van der Waals surface area (Å²) in [5.74, 6) is 0.301. The predicted molar refractivity (Wildman–Crippen MR) is 219 cm³/mol. The summed E-state index contributed by atoms with van der Waals surface area (Å²) in [6.45, 7) is 9.11. The fraction of sp³-hybridized carbons (Fsp3) is 1.00. The molecule has 12 N–H and O–H groups in total. The molecule has 9 fully saturated rings. The van der Waals surface area contributed by atoms with Crippen molar-refractivity contribution in [3.63, 3.8) is 0 Å². The van der Waals surface area contributed by atoms with Gasteiger partial charge in [0.1, 0.15) is 67.1 Å². The molecule has 20 nitrogen and oxygen atoms in total. The Labute approximate surface area is 378 Å². The summed E-state index contributed by atoms with van der Waals surface area (Å²) in [4.78, 5) is 0. The maximum absolute atomic E-state index is 13.0. The Hall–Kier alpha value is -0.800. The Bertz CT molecular complexity index is 1690. The Balaban J connectivity index is 0.906. The van der Waals surface area contributed by atoms with Crippen molar-refractivity contribution in [2.45, 2.75) is 220 Å². The normalized spacial score (nSPS) is 60.2. The molecule has 0 amide bonds. The fourth-order valence-electron chi connectivity index (χ4n) is 14.6. The van der Waals surface area contributed by atoms with Gasteiger partial charge >= 0.3 is 0 Å². The molecule has 28 unspecified atom stereocenters. The molecule has 20 heteroatoms. The van der Waals surface area contributed by atoms with E-state index in [1.165, 1.54) is 6.92 Å². The van der Waals surface area contributed by atoms with Crippen molar-refractivity contribution in [3.8, 4) is 0 Å². The standard InChI is InChI=1S/C45H74O20/c1-18-6-9-45(58-17-18)19(2)28-24(65-45)12-22-21-7-8-43(56)14-25(23(48)13-42(43,5)44(21,57)11-10-41(22,28)4)60-39-35(55)36(31(51)27(16-47)61-39)63-40-37(33(53)30(50)26(15-46)62-40)64-38-34(54)32(52)29(49)20(3)59-38/h18-40,46-57H,6-17H2,1-5H3. The predicted octanol–water partition coefficient (Wildman–Crippen LogP) is -2.51. The third-order valence-electron chi connectivity index (χ3n) is 18.6. The van der Waals surface area contributed by atoms with E-state index in [1.54, 1.807) is 0 Å². The van der Waals surface area contributed by atoms with Crippen LogP contribution in [0.15, 0.2) is 0 Å². The molecule has 0 aromatic heterocycles. The Kier molecular flexibility index (Phi) is 13.2. The van der Waals surface area contributed by atoms with Gasteiger partial charge in [-0.2, -0.15) is 0 Å². The van der Waals surface area contributed by atoms with Crippen LogP contribution in [0, 0.1) is 40.4 Å². The molecule has 0 aromatic carbocycles. The van der Waals surface area contributed by atoms with Crippen molar-refractivity contribution < 1.29 is 99.2 Å². The molecule has 0 radical (unpaired) electrons. The molecule has 5 saturated heterocycles. The van der Waals surface area contributed by atoms with Crippen LogP contribution in [0.25, 0.3) is 0 Å². The lowest BCUT2D eigenvalue weighted by molar-refractivity contribution is -0.392. The van der Waals surface area contributed by atoms with Crippen LogP contribution in [0.4, 0.5) is 0 Å². The van der Waals surface area contributed by atoms with Crippen molar-refractivity contribution in [1.82, 2.24) is 0 Å². The number of fused-ring (bicyclic) bond motifs is 7. The van der Waals surface area contributed by atoms with E-state index in [1.807, 2.05) is 6.92 Å². The molecule has 1 spiro atoms. The molecule has 65 heavy (non-hydrogen) atoms. The lowest BCUT2D eigenvalue weighted by Gasteiger charge is -2.68. The molecule has 4 aliphatic carbocycles. The number of hydrogen-bond donors (Lipinski definition) is 12. The number of aliphatic hydroxyl groups excluding tert-OH is 10. The largest absolute Gasteiger partial charge is 0.394 e. The van der Waals surface area contributed by atoms with Gasteiger partial charge in [0.05, 0.1) is 55.4 Å². The lowest BCUT2D eigenvalue weighted by atomic mass is 9.40. The zero-order valence-corrected chi connectivity index (χ0v) is 37.9. The summed E-state index contributed by atoms with van der Waals surface area (Å²) < 4.78 is 48.6. The second-order valence-electron chi connectivity index (χ2n) is 22.0. The van der Waals surface area contributed by atoms with Gasteiger partial charge in [-0.1, -0.05) is 27.7 Å². The minimum atomic E-state index is -1.90. The minimum Gasteiger partial charge on any atom is -0.394 e. The molecule has 0 aromatic rings. The quantitative estimate of drug-likeness (QED) is 0.112. The smallest absolute Gasteiger partial charge is 0.187 e. The van der Waals surface area contributed by atoms with Gasteiger partial charge in [-0.05, 0) is 81.0 Å². The number of aliphatic hydroxyl groups is 12.